The number of hydrogen-bond donors (Lipinski definition) is 2. The first-order valence-corrected chi connectivity index (χ1v) is 7.03. The average molecular weight is 273 g/mol. The maximum absolute atomic E-state index is 11.8. The highest BCUT2D eigenvalue weighted by Crippen LogP contribution is 2.11. The van der Waals surface area contributed by atoms with Crippen LogP contribution in [0.5, 0.6) is 0 Å². The van der Waals surface area contributed by atoms with E-state index in [1.165, 1.54) is 0 Å². The SMILES string of the molecule is CCC(C)N(C)C(CN)C(C)NC(=O)OC(C)(C)C. The third kappa shape index (κ3) is 6.78. The van der Waals surface area contributed by atoms with Crippen molar-refractivity contribution in [1.29, 1.82) is 0 Å². The number of carbonyl (C=O) groups excluding carboxylic acids is 1. The highest BCUT2D eigenvalue weighted by Gasteiger charge is 2.26. The van der Waals surface area contributed by atoms with Crippen molar-refractivity contribution in [2.24, 2.45) is 5.73 Å². The van der Waals surface area contributed by atoms with Crippen LogP contribution in [0.15, 0.2) is 0 Å². The van der Waals surface area contributed by atoms with Gasteiger partial charge in [0.25, 0.3) is 0 Å². The van der Waals surface area contributed by atoms with E-state index in [1.807, 2.05) is 34.7 Å². The summed E-state index contributed by atoms with van der Waals surface area (Å²) in [5.74, 6) is 0. The molecule has 0 bridgehead atoms. The maximum Gasteiger partial charge on any atom is 0.407 e. The lowest BCUT2D eigenvalue weighted by atomic mass is 10.1. The van der Waals surface area contributed by atoms with E-state index in [2.05, 4.69) is 24.1 Å². The smallest absolute Gasteiger partial charge is 0.407 e. The van der Waals surface area contributed by atoms with Gasteiger partial charge in [-0.1, -0.05) is 6.92 Å². The number of nitrogens with two attached hydrogens (primary N) is 1. The lowest BCUT2D eigenvalue weighted by Crippen LogP contribution is -2.55. The molecule has 3 unspecified atom stereocenters. The number of amides is 1. The number of likely N-dealkylation sites (N-methyl/N-ethyl adjacent to an activating group) is 1. The molecule has 0 radical (unpaired) electrons. The van der Waals surface area contributed by atoms with Gasteiger partial charge in [-0.05, 0) is 48.1 Å². The van der Waals surface area contributed by atoms with Gasteiger partial charge in [-0.25, -0.2) is 4.79 Å². The molecular weight excluding hydrogens is 242 g/mol. The molecule has 0 aliphatic carbocycles. The highest BCUT2D eigenvalue weighted by atomic mass is 16.6. The summed E-state index contributed by atoms with van der Waals surface area (Å²) in [6, 6.07) is 0.470. The summed E-state index contributed by atoms with van der Waals surface area (Å²) in [6.45, 7) is 12.3. The van der Waals surface area contributed by atoms with E-state index < -0.39 is 11.7 Å². The Morgan fingerprint density at radius 1 is 1.37 bits per heavy atom. The van der Waals surface area contributed by atoms with Crippen molar-refractivity contribution in [3.05, 3.63) is 0 Å². The van der Waals surface area contributed by atoms with Crippen molar-refractivity contribution in [2.45, 2.75) is 71.7 Å². The summed E-state index contributed by atoms with van der Waals surface area (Å²) in [5, 5.41) is 2.86. The summed E-state index contributed by atoms with van der Waals surface area (Å²) < 4.78 is 5.26. The minimum absolute atomic E-state index is 0.0566. The van der Waals surface area contributed by atoms with E-state index in [-0.39, 0.29) is 12.1 Å². The van der Waals surface area contributed by atoms with Crippen molar-refractivity contribution < 1.29 is 9.53 Å². The molecule has 19 heavy (non-hydrogen) atoms. The molecule has 3 atom stereocenters. The fourth-order valence-electron chi connectivity index (χ4n) is 1.93. The second-order valence-electron chi connectivity index (χ2n) is 6.16. The van der Waals surface area contributed by atoms with Crippen LogP contribution in [0.3, 0.4) is 0 Å². The molecule has 0 saturated heterocycles. The average Bonchev–Trinajstić information content (AvgIpc) is 2.25. The molecule has 0 heterocycles. The van der Waals surface area contributed by atoms with Gasteiger partial charge < -0.3 is 15.8 Å². The van der Waals surface area contributed by atoms with Crippen LogP contribution in [0, 0.1) is 0 Å². The van der Waals surface area contributed by atoms with Crippen LogP contribution in [0.2, 0.25) is 0 Å². The van der Waals surface area contributed by atoms with E-state index in [1.54, 1.807) is 0 Å². The molecule has 5 heteroatoms. The van der Waals surface area contributed by atoms with Gasteiger partial charge in [-0.3, -0.25) is 4.90 Å². The molecule has 1 amide bonds. The normalized spacial score (nSPS) is 16.9. The Morgan fingerprint density at radius 2 is 1.89 bits per heavy atom. The molecule has 0 rings (SSSR count). The zero-order chi connectivity index (χ0) is 15.2. The Labute approximate surface area is 117 Å². The van der Waals surface area contributed by atoms with E-state index >= 15 is 0 Å². The summed E-state index contributed by atoms with van der Waals surface area (Å²) in [4.78, 5) is 14.0. The maximum atomic E-state index is 11.8. The van der Waals surface area contributed by atoms with Gasteiger partial charge in [-0.15, -0.1) is 0 Å². The Kier molecular flexibility index (Phi) is 7.37. The number of alkyl carbamates (subject to hydrolysis) is 1. The first-order valence-electron chi connectivity index (χ1n) is 7.03. The molecule has 0 spiro atoms. The third-order valence-corrected chi connectivity index (χ3v) is 3.37. The van der Waals surface area contributed by atoms with Crippen molar-refractivity contribution in [3.63, 3.8) is 0 Å². The lowest BCUT2D eigenvalue weighted by molar-refractivity contribution is 0.0465. The minimum atomic E-state index is -0.482. The molecule has 0 aromatic rings. The Bertz CT molecular complexity index is 276. The van der Waals surface area contributed by atoms with Crippen LogP contribution in [0.1, 0.15) is 48.0 Å². The van der Waals surface area contributed by atoms with Crippen LogP contribution in [0.25, 0.3) is 0 Å². The van der Waals surface area contributed by atoms with E-state index in [9.17, 15) is 4.79 Å². The number of nitrogens with one attached hydrogen (secondary N) is 1. The summed E-state index contributed by atoms with van der Waals surface area (Å²) >= 11 is 0. The predicted octanol–water partition coefficient (Wildman–Crippen LogP) is 1.96. The van der Waals surface area contributed by atoms with E-state index in [0.29, 0.717) is 12.6 Å². The number of nitrogens with zero attached hydrogens (tertiary/aromatic N) is 1. The third-order valence-electron chi connectivity index (χ3n) is 3.37. The number of hydrogen-bond acceptors (Lipinski definition) is 4. The van der Waals surface area contributed by atoms with Crippen LogP contribution >= 0.6 is 0 Å². The first kappa shape index (κ1) is 18.2. The molecule has 0 aliphatic heterocycles. The summed E-state index contributed by atoms with van der Waals surface area (Å²) in [7, 11) is 2.04. The molecule has 0 saturated carbocycles. The molecule has 5 nitrogen and oxygen atoms in total. The highest BCUT2D eigenvalue weighted by molar-refractivity contribution is 5.68. The molecular formula is C14H31N3O2. The molecule has 0 aromatic carbocycles. The van der Waals surface area contributed by atoms with Gasteiger partial charge in [0.1, 0.15) is 5.60 Å². The quantitative estimate of drug-likeness (QED) is 0.776. The first-order chi connectivity index (χ1) is 8.62. The zero-order valence-electron chi connectivity index (χ0n) is 13.5. The largest absolute Gasteiger partial charge is 0.444 e. The van der Waals surface area contributed by atoms with Gasteiger partial charge in [0.2, 0.25) is 0 Å². The van der Waals surface area contributed by atoms with Crippen molar-refractivity contribution in [3.8, 4) is 0 Å². The van der Waals surface area contributed by atoms with Gasteiger partial charge in [-0.2, -0.15) is 0 Å². The second kappa shape index (κ2) is 7.70. The standard InChI is InChI=1S/C14H31N3O2/c1-8-10(2)17(7)12(9-15)11(3)16-13(18)19-14(4,5)6/h10-12H,8-9,15H2,1-7H3,(H,16,18). The van der Waals surface area contributed by atoms with Gasteiger partial charge in [0, 0.05) is 24.7 Å². The lowest BCUT2D eigenvalue weighted by Gasteiger charge is -2.36. The predicted molar refractivity (Wildman–Crippen MR) is 79.2 cm³/mol. The molecule has 114 valence electrons. The van der Waals surface area contributed by atoms with Crippen molar-refractivity contribution in [1.82, 2.24) is 10.2 Å². The van der Waals surface area contributed by atoms with Crippen molar-refractivity contribution in [2.75, 3.05) is 13.6 Å². The molecule has 0 aromatic heterocycles. The van der Waals surface area contributed by atoms with Crippen LogP contribution < -0.4 is 11.1 Å². The number of rotatable bonds is 6. The molecule has 0 aliphatic rings. The van der Waals surface area contributed by atoms with E-state index in [4.69, 9.17) is 10.5 Å². The Hall–Kier alpha value is -0.810. The zero-order valence-corrected chi connectivity index (χ0v) is 13.5. The fraction of sp³-hybridized carbons (Fsp3) is 0.929. The summed E-state index contributed by atoms with van der Waals surface area (Å²) in [5.41, 5.74) is 5.35. The second-order valence-corrected chi connectivity index (χ2v) is 6.16. The Balaban J connectivity index is 4.52. The molecule has 0 fully saturated rings. The fourth-order valence-corrected chi connectivity index (χ4v) is 1.93. The number of carbonyl (C=O) groups is 1. The topological polar surface area (TPSA) is 67.6 Å². The van der Waals surface area contributed by atoms with E-state index in [0.717, 1.165) is 6.42 Å². The molecule has 3 N–H and O–H groups in total. The Morgan fingerprint density at radius 3 is 2.26 bits per heavy atom. The van der Waals surface area contributed by atoms with Gasteiger partial charge in [0.15, 0.2) is 0 Å². The van der Waals surface area contributed by atoms with Crippen molar-refractivity contribution >= 4 is 6.09 Å². The van der Waals surface area contributed by atoms with Crippen LogP contribution in [-0.2, 0) is 4.74 Å². The van der Waals surface area contributed by atoms with Crippen LogP contribution in [-0.4, -0.2) is 48.3 Å². The van der Waals surface area contributed by atoms with Gasteiger partial charge in [0.05, 0.1) is 0 Å². The number of ether oxygens (including phenoxy) is 1. The van der Waals surface area contributed by atoms with Crippen LogP contribution in [0.4, 0.5) is 4.79 Å². The summed E-state index contributed by atoms with van der Waals surface area (Å²) in [6.07, 6.45) is 0.655. The van der Waals surface area contributed by atoms with Gasteiger partial charge >= 0.3 is 6.09 Å². The monoisotopic (exact) mass is 273 g/mol. The minimum Gasteiger partial charge on any atom is -0.444 e.